The van der Waals surface area contributed by atoms with Crippen molar-refractivity contribution in [2.75, 3.05) is 5.32 Å². The van der Waals surface area contributed by atoms with E-state index in [1.807, 2.05) is 32.9 Å². The van der Waals surface area contributed by atoms with Crippen LogP contribution in [0.25, 0.3) is 22.0 Å². The van der Waals surface area contributed by atoms with E-state index in [0.29, 0.717) is 23.4 Å². The number of ketones is 1. The van der Waals surface area contributed by atoms with Crippen molar-refractivity contribution in [3.8, 4) is 11.1 Å². The zero-order valence-corrected chi connectivity index (χ0v) is 17.2. The molecule has 7 heteroatoms. The van der Waals surface area contributed by atoms with E-state index in [1.54, 1.807) is 18.5 Å². The third-order valence-electron chi connectivity index (χ3n) is 5.35. The average Bonchev–Trinajstić information content (AvgIpc) is 3.44. The Morgan fingerprint density at radius 1 is 1.13 bits per heavy atom. The Labute approximate surface area is 174 Å². The molecule has 1 saturated carbocycles. The molecule has 0 radical (unpaired) electrons. The number of pyridine rings is 3. The third kappa shape index (κ3) is 3.92. The first-order valence-corrected chi connectivity index (χ1v) is 10.1. The summed E-state index contributed by atoms with van der Waals surface area (Å²) in [7, 11) is 0. The minimum absolute atomic E-state index is 0.0459. The molecular weight excluding hydrogens is 383 g/mol. The van der Waals surface area contributed by atoms with Crippen LogP contribution in [0.4, 0.5) is 10.2 Å². The van der Waals surface area contributed by atoms with E-state index in [9.17, 15) is 14.0 Å². The summed E-state index contributed by atoms with van der Waals surface area (Å²) in [5.74, 6) is -0.503. The van der Waals surface area contributed by atoms with Crippen LogP contribution in [0.3, 0.4) is 0 Å². The fourth-order valence-electron chi connectivity index (χ4n) is 3.51. The highest BCUT2D eigenvalue weighted by molar-refractivity contribution is 5.96. The summed E-state index contributed by atoms with van der Waals surface area (Å²) in [5, 5.41) is 3.47. The first kappa shape index (κ1) is 20.1. The van der Waals surface area contributed by atoms with E-state index in [0.717, 1.165) is 34.2 Å². The van der Waals surface area contributed by atoms with Gasteiger partial charge in [-0.15, -0.1) is 0 Å². The average molecular weight is 406 g/mol. The molecule has 30 heavy (non-hydrogen) atoms. The second kappa shape index (κ2) is 7.89. The van der Waals surface area contributed by atoms with Crippen molar-refractivity contribution in [2.45, 2.75) is 46.2 Å². The summed E-state index contributed by atoms with van der Waals surface area (Å²) in [6.07, 6.45) is 3.87. The summed E-state index contributed by atoms with van der Waals surface area (Å²) in [5.41, 5.74) is 4.76. The normalized spacial score (nSPS) is 17.7. The van der Waals surface area contributed by atoms with Crippen molar-refractivity contribution < 1.29 is 14.0 Å². The van der Waals surface area contributed by atoms with Crippen LogP contribution < -0.4 is 5.32 Å². The van der Waals surface area contributed by atoms with Crippen LogP contribution in [-0.4, -0.2) is 32.8 Å². The van der Waals surface area contributed by atoms with Gasteiger partial charge in [-0.1, -0.05) is 6.92 Å². The topological polar surface area (TPSA) is 84.8 Å². The fraction of sp³-hybridized carbons (Fsp3) is 0.348. The Bertz CT molecular complexity index is 1160. The number of nitrogens with zero attached hydrogens (tertiary/aromatic N) is 3. The number of carbonyl (C=O) groups is 2. The molecule has 0 aromatic carbocycles. The number of carbonyl (C=O) groups excluding carboxylic acids is 2. The second-order valence-corrected chi connectivity index (χ2v) is 7.79. The lowest BCUT2D eigenvalue weighted by Gasteiger charge is -2.12. The maximum absolute atomic E-state index is 13.1. The van der Waals surface area contributed by atoms with Crippen molar-refractivity contribution in [2.24, 2.45) is 5.92 Å². The molecule has 6 nitrogen and oxygen atoms in total. The smallest absolute Gasteiger partial charge is 0.231 e. The molecule has 1 aliphatic carbocycles. The lowest BCUT2D eigenvalue weighted by molar-refractivity contribution is -0.117. The standard InChI is InChI=1S/C23H23FN4O2/c1-4-5-21(29)20-6-12(2)17(11-25-20)15-7-14-10-26-22(9-19(14)27-13(15)3)28-23(30)16-8-18(16)24/h6-7,9-11,16,18H,4-5,8H2,1-3H3,(H,26,28,30)/t16-,18+/m1/s1. The molecule has 0 bridgehead atoms. The van der Waals surface area contributed by atoms with Crippen LogP contribution in [0.5, 0.6) is 0 Å². The van der Waals surface area contributed by atoms with Gasteiger partial charge in [0, 0.05) is 47.1 Å². The van der Waals surface area contributed by atoms with Crippen molar-refractivity contribution in [3.63, 3.8) is 0 Å². The van der Waals surface area contributed by atoms with Crippen LogP contribution in [0, 0.1) is 19.8 Å². The van der Waals surface area contributed by atoms with Gasteiger partial charge < -0.3 is 5.32 Å². The monoisotopic (exact) mass is 406 g/mol. The molecule has 1 amide bonds. The number of halogens is 1. The maximum atomic E-state index is 13.1. The number of hydrogen-bond donors (Lipinski definition) is 1. The highest BCUT2D eigenvalue weighted by atomic mass is 19.1. The predicted octanol–water partition coefficient (Wildman–Crippen LogP) is 4.59. The van der Waals surface area contributed by atoms with Gasteiger partial charge in [0.1, 0.15) is 17.7 Å². The molecule has 1 fully saturated rings. The minimum atomic E-state index is -1.05. The lowest BCUT2D eigenvalue weighted by atomic mass is 9.98. The Morgan fingerprint density at radius 3 is 2.57 bits per heavy atom. The fourth-order valence-corrected chi connectivity index (χ4v) is 3.51. The number of fused-ring (bicyclic) bond motifs is 1. The molecule has 154 valence electrons. The molecule has 3 aromatic rings. The highest BCUT2D eigenvalue weighted by Crippen LogP contribution is 2.35. The molecule has 1 aliphatic rings. The Hall–Kier alpha value is -3.22. The Morgan fingerprint density at radius 2 is 1.90 bits per heavy atom. The first-order chi connectivity index (χ1) is 14.4. The number of anilines is 1. The van der Waals surface area contributed by atoms with Crippen LogP contribution in [-0.2, 0) is 4.79 Å². The minimum Gasteiger partial charge on any atom is -0.310 e. The molecule has 4 rings (SSSR count). The van der Waals surface area contributed by atoms with E-state index >= 15 is 0 Å². The Balaban J connectivity index is 1.64. The van der Waals surface area contributed by atoms with E-state index < -0.39 is 12.1 Å². The van der Waals surface area contributed by atoms with Gasteiger partial charge in [-0.2, -0.15) is 0 Å². The highest BCUT2D eigenvalue weighted by Gasteiger charge is 2.43. The molecule has 0 aliphatic heterocycles. The van der Waals surface area contributed by atoms with Gasteiger partial charge in [0.2, 0.25) is 5.91 Å². The summed E-state index contributed by atoms with van der Waals surface area (Å²) in [6, 6.07) is 5.49. The van der Waals surface area contributed by atoms with Crippen molar-refractivity contribution in [1.82, 2.24) is 15.0 Å². The number of nitrogens with one attached hydrogen (secondary N) is 1. The summed E-state index contributed by atoms with van der Waals surface area (Å²) in [4.78, 5) is 37.4. The molecule has 0 unspecified atom stereocenters. The van der Waals surface area contributed by atoms with E-state index in [4.69, 9.17) is 0 Å². The molecule has 1 N–H and O–H groups in total. The van der Waals surface area contributed by atoms with Gasteiger partial charge in [0.05, 0.1) is 11.4 Å². The quantitative estimate of drug-likeness (QED) is 0.605. The molecular formula is C23H23FN4O2. The van der Waals surface area contributed by atoms with E-state index in [2.05, 4.69) is 20.3 Å². The van der Waals surface area contributed by atoms with Gasteiger partial charge in [-0.25, -0.2) is 9.37 Å². The molecule has 2 atom stereocenters. The lowest BCUT2D eigenvalue weighted by Crippen LogP contribution is -2.15. The van der Waals surface area contributed by atoms with Gasteiger partial charge in [0.15, 0.2) is 5.78 Å². The van der Waals surface area contributed by atoms with Gasteiger partial charge in [0.25, 0.3) is 0 Å². The van der Waals surface area contributed by atoms with Crippen LogP contribution in [0.1, 0.15) is 47.9 Å². The molecule has 3 aromatic heterocycles. The van der Waals surface area contributed by atoms with Crippen molar-refractivity contribution in [3.05, 3.63) is 47.5 Å². The number of rotatable bonds is 6. The number of Topliss-reactive ketones (excluding diaryl/α,β-unsaturated/α-hetero) is 1. The number of hydrogen-bond acceptors (Lipinski definition) is 5. The summed E-state index contributed by atoms with van der Waals surface area (Å²) < 4.78 is 13.1. The zero-order chi connectivity index (χ0) is 21.4. The van der Waals surface area contributed by atoms with Crippen LogP contribution in [0.15, 0.2) is 30.6 Å². The maximum Gasteiger partial charge on any atom is 0.231 e. The number of aromatic nitrogens is 3. The SMILES string of the molecule is CCCC(=O)c1cc(C)c(-c2cc3cnc(NC(=O)[C@@H]4C[C@@H]4F)cc3nc2C)cn1. The summed E-state index contributed by atoms with van der Waals surface area (Å²) >= 11 is 0. The van der Waals surface area contributed by atoms with Gasteiger partial charge in [-0.05, 0) is 44.4 Å². The first-order valence-electron chi connectivity index (χ1n) is 10.1. The van der Waals surface area contributed by atoms with Crippen molar-refractivity contribution in [1.29, 1.82) is 0 Å². The van der Waals surface area contributed by atoms with Crippen LogP contribution >= 0.6 is 0 Å². The predicted molar refractivity (Wildman–Crippen MR) is 113 cm³/mol. The Kier molecular flexibility index (Phi) is 5.28. The molecule has 0 spiro atoms. The number of amides is 1. The summed E-state index contributed by atoms with van der Waals surface area (Å²) in [6.45, 7) is 5.83. The van der Waals surface area contributed by atoms with Gasteiger partial charge >= 0.3 is 0 Å². The number of aryl methyl sites for hydroxylation is 2. The second-order valence-electron chi connectivity index (χ2n) is 7.79. The van der Waals surface area contributed by atoms with E-state index in [-0.39, 0.29) is 18.1 Å². The zero-order valence-electron chi connectivity index (χ0n) is 17.2. The largest absolute Gasteiger partial charge is 0.310 e. The van der Waals surface area contributed by atoms with Crippen molar-refractivity contribution >= 4 is 28.4 Å². The molecule has 0 saturated heterocycles. The third-order valence-corrected chi connectivity index (χ3v) is 5.35. The molecule has 3 heterocycles. The van der Waals surface area contributed by atoms with E-state index in [1.165, 1.54) is 0 Å². The number of alkyl halides is 1. The van der Waals surface area contributed by atoms with Gasteiger partial charge in [-0.3, -0.25) is 19.6 Å². The van der Waals surface area contributed by atoms with Crippen LogP contribution in [0.2, 0.25) is 0 Å².